The van der Waals surface area contributed by atoms with E-state index in [1.165, 1.54) is 0 Å². The quantitative estimate of drug-likeness (QED) is 0.538. The van der Waals surface area contributed by atoms with E-state index in [1.807, 2.05) is 54.6 Å². The molecule has 0 aliphatic rings. The van der Waals surface area contributed by atoms with E-state index in [0.29, 0.717) is 11.1 Å². The number of hydrazine groups is 1. The van der Waals surface area contributed by atoms with Crippen LogP contribution in [0.2, 0.25) is 0 Å². The van der Waals surface area contributed by atoms with E-state index in [2.05, 4.69) is 15.8 Å². The fourth-order valence-corrected chi connectivity index (χ4v) is 3.10. The molecular weight excluding hydrogens is 350 g/mol. The van der Waals surface area contributed by atoms with Crippen molar-refractivity contribution < 1.29 is 9.59 Å². The number of nitrogens with one attached hydrogen (secondary N) is 2. The Labute approximate surface area is 162 Å². The summed E-state index contributed by atoms with van der Waals surface area (Å²) in [5.41, 5.74) is 8.39. The molecule has 0 saturated carbocycles. The van der Waals surface area contributed by atoms with E-state index in [4.69, 9.17) is 0 Å². The molecule has 3 aromatic carbocycles. The molecule has 0 fully saturated rings. The third kappa shape index (κ3) is 3.46. The van der Waals surface area contributed by atoms with Crippen molar-refractivity contribution in [2.75, 3.05) is 0 Å². The van der Waals surface area contributed by atoms with Crippen molar-refractivity contribution in [3.8, 4) is 11.1 Å². The van der Waals surface area contributed by atoms with Crippen molar-refractivity contribution in [1.29, 1.82) is 0 Å². The first-order valence-electron chi connectivity index (χ1n) is 8.83. The van der Waals surface area contributed by atoms with Gasteiger partial charge in [0.2, 0.25) is 0 Å². The van der Waals surface area contributed by atoms with Gasteiger partial charge in [0.1, 0.15) is 0 Å². The minimum atomic E-state index is -0.399. The lowest BCUT2D eigenvalue weighted by Crippen LogP contribution is -2.41. The van der Waals surface area contributed by atoms with Gasteiger partial charge in [0.15, 0.2) is 0 Å². The monoisotopic (exact) mass is 367 g/mol. The lowest BCUT2D eigenvalue weighted by Gasteiger charge is -2.12. The van der Waals surface area contributed by atoms with Crippen molar-refractivity contribution >= 4 is 22.7 Å². The van der Waals surface area contributed by atoms with Crippen LogP contribution in [-0.2, 0) is 0 Å². The normalized spacial score (nSPS) is 10.4. The second-order valence-corrected chi connectivity index (χ2v) is 6.20. The van der Waals surface area contributed by atoms with Crippen LogP contribution in [0.1, 0.15) is 20.7 Å². The van der Waals surface area contributed by atoms with Crippen molar-refractivity contribution in [1.82, 2.24) is 15.8 Å². The molecule has 0 aliphatic heterocycles. The average Bonchev–Trinajstić information content (AvgIpc) is 2.77. The highest BCUT2D eigenvalue weighted by Gasteiger charge is 2.15. The van der Waals surface area contributed by atoms with Gasteiger partial charge in [-0.05, 0) is 35.4 Å². The van der Waals surface area contributed by atoms with Gasteiger partial charge in [0.05, 0.1) is 11.1 Å². The Hall–Kier alpha value is -3.99. The van der Waals surface area contributed by atoms with Crippen LogP contribution in [0.3, 0.4) is 0 Å². The molecule has 2 amide bonds. The van der Waals surface area contributed by atoms with Gasteiger partial charge in [-0.25, -0.2) is 0 Å². The molecule has 0 radical (unpaired) electrons. The predicted octanol–water partition coefficient (Wildman–Crippen LogP) is 3.98. The van der Waals surface area contributed by atoms with Gasteiger partial charge in [0, 0.05) is 17.1 Å². The molecule has 0 aliphatic carbocycles. The van der Waals surface area contributed by atoms with E-state index in [1.54, 1.807) is 36.5 Å². The molecular formula is C23H17N3O2. The van der Waals surface area contributed by atoms with Crippen LogP contribution in [-0.4, -0.2) is 16.8 Å². The van der Waals surface area contributed by atoms with Gasteiger partial charge >= 0.3 is 0 Å². The summed E-state index contributed by atoms with van der Waals surface area (Å²) in [5.74, 6) is -0.782. The molecule has 1 aromatic heterocycles. The number of nitrogens with zero attached hydrogens (tertiary/aromatic N) is 1. The second-order valence-electron chi connectivity index (χ2n) is 6.20. The highest BCUT2D eigenvalue weighted by molar-refractivity contribution is 6.08. The van der Waals surface area contributed by atoms with Crippen molar-refractivity contribution in [3.05, 3.63) is 102 Å². The van der Waals surface area contributed by atoms with Crippen LogP contribution < -0.4 is 10.9 Å². The smallest absolute Gasteiger partial charge is 0.267 e. The number of amides is 2. The second kappa shape index (κ2) is 7.72. The van der Waals surface area contributed by atoms with Crippen LogP contribution in [0.25, 0.3) is 22.0 Å². The molecule has 0 bridgehead atoms. The molecule has 2 N–H and O–H groups in total. The third-order valence-electron chi connectivity index (χ3n) is 4.44. The van der Waals surface area contributed by atoms with Gasteiger partial charge in [-0.1, -0.05) is 60.7 Å². The Balaban J connectivity index is 1.55. The molecule has 0 unspecified atom stereocenters. The van der Waals surface area contributed by atoms with Crippen molar-refractivity contribution in [2.24, 2.45) is 0 Å². The highest BCUT2D eigenvalue weighted by Crippen LogP contribution is 2.23. The number of hydrogen-bond acceptors (Lipinski definition) is 3. The molecule has 5 nitrogen and oxygen atoms in total. The highest BCUT2D eigenvalue weighted by atomic mass is 16.2. The summed E-state index contributed by atoms with van der Waals surface area (Å²) in [5, 5.41) is 0.724. The number of fused-ring (bicyclic) bond motifs is 1. The summed E-state index contributed by atoms with van der Waals surface area (Å²) in [7, 11) is 0. The summed E-state index contributed by atoms with van der Waals surface area (Å²) in [4.78, 5) is 29.5. The Kier molecular flexibility index (Phi) is 4.80. The minimum absolute atomic E-state index is 0.383. The Bertz CT molecular complexity index is 1150. The molecule has 28 heavy (non-hydrogen) atoms. The predicted molar refractivity (Wildman–Crippen MR) is 109 cm³/mol. The number of carbonyl (C=O) groups is 2. The summed E-state index contributed by atoms with van der Waals surface area (Å²) in [6.07, 6.45) is 1.67. The molecule has 4 aromatic rings. The fourth-order valence-electron chi connectivity index (χ4n) is 3.10. The van der Waals surface area contributed by atoms with E-state index < -0.39 is 5.91 Å². The first-order valence-corrected chi connectivity index (χ1v) is 8.83. The SMILES string of the molecule is O=C(NNC(=O)c1cccc2ncccc12)c1ccccc1-c1ccccc1. The zero-order valence-corrected chi connectivity index (χ0v) is 14.9. The third-order valence-corrected chi connectivity index (χ3v) is 4.44. The van der Waals surface area contributed by atoms with Crippen LogP contribution in [0.15, 0.2) is 91.1 Å². The summed E-state index contributed by atoms with van der Waals surface area (Å²) in [6.45, 7) is 0. The molecule has 136 valence electrons. The lowest BCUT2D eigenvalue weighted by atomic mass is 9.99. The van der Waals surface area contributed by atoms with Crippen LogP contribution in [0.4, 0.5) is 0 Å². The van der Waals surface area contributed by atoms with Gasteiger partial charge in [0.25, 0.3) is 11.8 Å². The van der Waals surface area contributed by atoms with E-state index in [9.17, 15) is 9.59 Å². The molecule has 4 rings (SSSR count). The molecule has 5 heteroatoms. The van der Waals surface area contributed by atoms with E-state index >= 15 is 0 Å². The van der Waals surface area contributed by atoms with E-state index in [-0.39, 0.29) is 5.91 Å². The summed E-state index contributed by atoms with van der Waals surface area (Å²) < 4.78 is 0. The maximum absolute atomic E-state index is 12.7. The summed E-state index contributed by atoms with van der Waals surface area (Å²) in [6, 6.07) is 25.8. The summed E-state index contributed by atoms with van der Waals surface area (Å²) >= 11 is 0. The van der Waals surface area contributed by atoms with Gasteiger partial charge in [-0.15, -0.1) is 0 Å². The fraction of sp³-hybridized carbons (Fsp3) is 0. The van der Waals surface area contributed by atoms with Crippen LogP contribution >= 0.6 is 0 Å². The van der Waals surface area contributed by atoms with E-state index in [0.717, 1.165) is 22.0 Å². The minimum Gasteiger partial charge on any atom is -0.267 e. The molecule has 0 atom stereocenters. The molecule has 1 heterocycles. The van der Waals surface area contributed by atoms with Crippen LogP contribution in [0.5, 0.6) is 0 Å². The average molecular weight is 367 g/mol. The first-order chi connectivity index (χ1) is 13.7. The number of benzene rings is 3. The number of pyridine rings is 1. The zero-order valence-electron chi connectivity index (χ0n) is 14.9. The first kappa shape index (κ1) is 17.4. The largest absolute Gasteiger partial charge is 0.270 e. The number of rotatable bonds is 3. The zero-order chi connectivity index (χ0) is 19.3. The standard InChI is InChI=1S/C23H17N3O2/c27-22(19-11-5-4-10-17(19)16-8-2-1-3-9-16)25-26-23(28)20-12-6-14-21-18(20)13-7-15-24-21/h1-15H,(H,25,27)(H,26,28). The van der Waals surface area contributed by atoms with Gasteiger partial charge in [-0.3, -0.25) is 25.4 Å². The number of hydrogen-bond donors (Lipinski definition) is 2. The van der Waals surface area contributed by atoms with Gasteiger partial charge < -0.3 is 0 Å². The Morgan fingerprint density at radius 1 is 0.643 bits per heavy atom. The van der Waals surface area contributed by atoms with Crippen molar-refractivity contribution in [3.63, 3.8) is 0 Å². The number of aromatic nitrogens is 1. The topological polar surface area (TPSA) is 71.1 Å². The lowest BCUT2D eigenvalue weighted by molar-refractivity contribution is 0.0848. The maximum atomic E-state index is 12.7. The van der Waals surface area contributed by atoms with Gasteiger partial charge in [-0.2, -0.15) is 0 Å². The maximum Gasteiger partial charge on any atom is 0.270 e. The molecule has 0 saturated heterocycles. The Morgan fingerprint density at radius 2 is 1.32 bits per heavy atom. The van der Waals surface area contributed by atoms with Crippen molar-refractivity contribution in [2.45, 2.75) is 0 Å². The Morgan fingerprint density at radius 3 is 2.14 bits per heavy atom. The number of carbonyl (C=O) groups excluding carboxylic acids is 2. The molecule has 0 spiro atoms. The van der Waals surface area contributed by atoms with Crippen LogP contribution in [0, 0.1) is 0 Å².